The Hall–Kier alpha value is -1.39. The summed E-state index contributed by atoms with van der Waals surface area (Å²) in [6, 6.07) is 7.19. The minimum absolute atomic E-state index is 0.238. The first-order valence-electron chi connectivity index (χ1n) is 5.92. The fourth-order valence-electron chi connectivity index (χ4n) is 1.76. The molecule has 0 spiro atoms. The summed E-state index contributed by atoms with van der Waals surface area (Å²) in [5.41, 5.74) is -0.355. The molecule has 2 rings (SSSR count). The highest BCUT2D eigenvalue weighted by Crippen LogP contribution is 2.36. The van der Waals surface area contributed by atoms with Gasteiger partial charge in [0, 0.05) is 11.9 Å². The molecule has 8 heteroatoms. The molecule has 112 valence electrons. The molecule has 0 unspecified atom stereocenters. The smallest absolute Gasteiger partial charge is 0.339 e. The van der Waals surface area contributed by atoms with Gasteiger partial charge in [-0.05, 0) is 36.3 Å². The van der Waals surface area contributed by atoms with Gasteiger partial charge in [0.2, 0.25) is 5.28 Å². The predicted octanol–water partition coefficient (Wildman–Crippen LogP) is 4.26. The number of hydrogen-bond donors (Lipinski definition) is 1. The van der Waals surface area contributed by atoms with E-state index >= 15 is 0 Å². The second-order valence-electron chi connectivity index (χ2n) is 4.44. The van der Waals surface area contributed by atoms with Gasteiger partial charge in [0.1, 0.15) is 11.4 Å². The average Bonchev–Trinajstić information content (AvgIpc) is 2.37. The quantitative estimate of drug-likeness (QED) is 0.673. The molecule has 0 aliphatic heterocycles. The van der Waals surface area contributed by atoms with Gasteiger partial charge in [-0.3, -0.25) is 0 Å². The molecule has 3 nitrogen and oxygen atoms in total. The normalized spacial score (nSPS) is 11.8. The van der Waals surface area contributed by atoms with E-state index < -0.39 is 19.7 Å². The number of hydrogen-bond acceptors (Lipinski definition) is 3. The first-order chi connectivity index (χ1) is 9.79. The zero-order valence-corrected chi connectivity index (χ0v) is 12.9. The Kier molecular flexibility index (Phi) is 4.69. The lowest BCUT2D eigenvalue weighted by molar-refractivity contribution is -0.137. The fraction of sp³-hybridized carbons (Fsp3) is 0.231. The summed E-state index contributed by atoms with van der Waals surface area (Å²) in [4.78, 5) is 7.07. The highest BCUT2D eigenvalue weighted by Gasteiger charge is 2.35. The van der Waals surface area contributed by atoms with Crippen LogP contribution in [0, 0.1) is 0 Å². The maximum absolute atomic E-state index is 13.0. The van der Waals surface area contributed by atoms with Gasteiger partial charge in [0.15, 0.2) is 0 Å². The third-order valence-electron chi connectivity index (χ3n) is 2.70. The number of nitrogens with zero attached hydrogens (tertiary/aromatic N) is 2. The van der Waals surface area contributed by atoms with Crippen LogP contribution in [-0.2, 0) is 6.18 Å². The Morgan fingerprint density at radius 2 is 1.86 bits per heavy atom. The third-order valence-corrected chi connectivity index (χ3v) is 4.24. The lowest BCUT2D eigenvalue weighted by atomic mass is 10.2. The van der Waals surface area contributed by atoms with E-state index in [1.54, 1.807) is 12.1 Å². The van der Waals surface area contributed by atoms with Gasteiger partial charge in [0.25, 0.3) is 0 Å². The SMILES string of the molecule is CP(C)c1ccccc1Nc1nc(Cl)ncc1C(F)(F)F. The molecule has 0 radical (unpaired) electrons. The summed E-state index contributed by atoms with van der Waals surface area (Å²) in [5, 5.41) is 3.45. The third kappa shape index (κ3) is 3.83. The van der Waals surface area contributed by atoms with Crippen molar-refractivity contribution in [3.8, 4) is 0 Å². The highest BCUT2D eigenvalue weighted by atomic mass is 35.5. The molecule has 1 N–H and O–H groups in total. The maximum atomic E-state index is 13.0. The number of benzene rings is 1. The van der Waals surface area contributed by atoms with E-state index in [0.29, 0.717) is 11.9 Å². The first-order valence-corrected chi connectivity index (χ1v) is 8.53. The lowest BCUT2D eigenvalue weighted by Crippen LogP contribution is -2.14. The average molecular weight is 334 g/mol. The van der Waals surface area contributed by atoms with E-state index in [1.807, 2.05) is 25.5 Å². The number of aromatic nitrogens is 2. The van der Waals surface area contributed by atoms with Crippen molar-refractivity contribution >= 4 is 36.3 Å². The van der Waals surface area contributed by atoms with Crippen LogP contribution in [0.3, 0.4) is 0 Å². The van der Waals surface area contributed by atoms with E-state index in [9.17, 15) is 13.2 Å². The topological polar surface area (TPSA) is 37.8 Å². The van der Waals surface area contributed by atoms with Crippen LogP contribution in [0.2, 0.25) is 5.28 Å². The Bertz CT molecular complexity index is 647. The van der Waals surface area contributed by atoms with Gasteiger partial charge in [-0.15, -0.1) is 0 Å². The second kappa shape index (κ2) is 6.16. The van der Waals surface area contributed by atoms with Crippen LogP contribution in [0.15, 0.2) is 30.5 Å². The largest absolute Gasteiger partial charge is 0.421 e. The van der Waals surface area contributed by atoms with E-state index in [1.165, 1.54) is 0 Å². The van der Waals surface area contributed by atoms with Crippen molar-refractivity contribution in [2.24, 2.45) is 0 Å². The van der Waals surface area contributed by atoms with Crippen molar-refractivity contribution in [1.82, 2.24) is 9.97 Å². The van der Waals surface area contributed by atoms with Crippen molar-refractivity contribution in [2.45, 2.75) is 6.18 Å². The van der Waals surface area contributed by atoms with Crippen LogP contribution >= 0.6 is 19.5 Å². The number of nitrogens with one attached hydrogen (secondary N) is 1. The van der Waals surface area contributed by atoms with Crippen molar-refractivity contribution in [2.75, 3.05) is 18.6 Å². The Morgan fingerprint density at radius 1 is 1.19 bits per heavy atom. The van der Waals surface area contributed by atoms with Crippen molar-refractivity contribution in [1.29, 1.82) is 0 Å². The van der Waals surface area contributed by atoms with Gasteiger partial charge in [-0.25, -0.2) is 4.98 Å². The highest BCUT2D eigenvalue weighted by molar-refractivity contribution is 7.64. The molecule has 0 amide bonds. The van der Waals surface area contributed by atoms with Crippen molar-refractivity contribution < 1.29 is 13.2 Å². The molecule has 0 saturated carbocycles. The number of anilines is 2. The van der Waals surface area contributed by atoms with Gasteiger partial charge in [0.05, 0.1) is 0 Å². The summed E-state index contributed by atoms with van der Waals surface area (Å²) in [6.45, 7) is 4.04. The standard InChI is InChI=1S/C13H12ClF3N3P/c1-21(2)10-6-4-3-5-9(10)19-11-8(13(15,16)17)7-18-12(14)20-11/h3-7H,1-2H3,(H,18,19,20). The zero-order valence-electron chi connectivity index (χ0n) is 11.2. The van der Waals surface area contributed by atoms with E-state index in [0.717, 1.165) is 5.30 Å². The molecule has 2 aromatic rings. The van der Waals surface area contributed by atoms with Crippen LogP contribution in [0.1, 0.15) is 5.56 Å². The summed E-state index contributed by atoms with van der Waals surface area (Å²) in [5.74, 6) is -0.341. The molecule has 1 aromatic heterocycles. The molecular formula is C13H12ClF3N3P. The molecule has 21 heavy (non-hydrogen) atoms. The number of para-hydroxylation sites is 1. The van der Waals surface area contributed by atoms with Gasteiger partial charge < -0.3 is 5.32 Å². The predicted molar refractivity (Wildman–Crippen MR) is 80.2 cm³/mol. The van der Waals surface area contributed by atoms with Gasteiger partial charge in [-0.2, -0.15) is 18.2 Å². The summed E-state index contributed by atoms with van der Waals surface area (Å²) < 4.78 is 38.9. The van der Waals surface area contributed by atoms with Crippen LogP contribution < -0.4 is 10.6 Å². The minimum Gasteiger partial charge on any atom is -0.339 e. The molecule has 0 aliphatic carbocycles. The molecule has 0 bridgehead atoms. The molecule has 0 saturated heterocycles. The van der Waals surface area contributed by atoms with Gasteiger partial charge >= 0.3 is 6.18 Å². The van der Waals surface area contributed by atoms with E-state index in [4.69, 9.17) is 11.6 Å². The molecule has 0 aliphatic rings. The summed E-state index contributed by atoms with van der Waals surface area (Å²) >= 11 is 5.61. The Balaban J connectivity index is 2.47. The number of halogens is 4. The Labute approximate surface area is 126 Å². The van der Waals surface area contributed by atoms with Crippen LogP contribution in [0.25, 0.3) is 0 Å². The zero-order chi connectivity index (χ0) is 15.6. The van der Waals surface area contributed by atoms with E-state index in [2.05, 4.69) is 15.3 Å². The second-order valence-corrected chi connectivity index (χ2v) is 7.04. The minimum atomic E-state index is -4.55. The number of alkyl halides is 3. The monoisotopic (exact) mass is 333 g/mol. The maximum Gasteiger partial charge on any atom is 0.421 e. The fourth-order valence-corrected chi connectivity index (χ4v) is 2.89. The lowest BCUT2D eigenvalue weighted by Gasteiger charge is -2.17. The van der Waals surface area contributed by atoms with Crippen LogP contribution in [0.5, 0.6) is 0 Å². The summed E-state index contributed by atoms with van der Waals surface area (Å²) in [7, 11) is -0.478. The molecular weight excluding hydrogens is 322 g/mol. The molecule has 1 heterocycles. The van der Waals surface area contributed by atoms with Crippen LogP contribution in [-0.4, -0.2) is 23.3 Å². The molecule has 1 aromatic carbocycles. The first kappa shape index (κ1) is 16.0. The van der Waals surface area contributed by atoms with Gasteiger partial charge in [-0.1, -0.05) is 26.1 Å². The summed E-state index contributed by atoms with van der Waals surface area (Å²) in [6.07, 6.45) is -3.87. The molecule has 0 fully saturated rings. The Morgan fingerprint density at radius 3 is 2.48 bits per heavy atom. The number of rotatable bonds is 3. The van der Waals surface area contributed by atoms with E-state index in [-0.39, 0.29) is 11.1 Å². The van der Waals surface area contributed by atoms with Crippen molar-refractivity contribution in [3.63, 3.8) is 0 Å². The molecule has 0 atom stereocenters. The van der Waals surface area contributed by atoms with Crippen molar-refractivity contribution in [3.05, 3.63) is 41.3 Å². The van der Waals surface area contributed by atoms with Crippen LogP contribution in [0.4, 0.5) is 24.7 Å².